The van der Waals surface area contributed by atoms with Gasteiger partial charge in [-0.1, -0.05) is 17.8 Å². The van der Waals surface area contributed by atoms with Crippen LogP contribution in [0.5, 0.6) is 11.5 Å². The van der Waals surface area contributed by atoms with E-state index in [0.717, 1.165) is 41.0 Å². The van der Waals surface area contributed by atoms with Crippen LogP contribution in [0, 0.1) is 0 Å². The van der Waals surface area contributed by atoms with Gasteiger partial charge in [-0.25, -0.2) is 0 Å². The minimum Gasteiger partial charge on any atom is -0.480 e. The Morgan fingerprint density at radius 1 is 1.40 bits per heavy atom. The summed E-state index contributed by atoms with van der Waals surface area (Å²) in [5.41, 5.74) is 1.87. The number of carbonyl (C=O) groups is 2. The number of nitrogens with one attached hydrogen (secondary N) is 1. The van der Waals surface area contributed by atoms with Crippen LogP contribution in [0.2, 0.25) is 0 Å². The molecule has 3 rings (SSSR count). The molecule has 0 radical (unpaired) electrons. The van der Waals surface area contributed by atoms with Crippen LogP contribution in [0.4, 0.5) is 0 Å². The first-order valence-corrected chi connectivity index (χ1v) is 8.58. The Morgan fingerprint density at radius 2 is 2.20 bits per heavy atom. The quantitative estimate of drug-likeness (QED) is 0.610. The molecule has 25 heavy (non-hydrogen) atoms. The van der Waals surface area contributed by atoms with Crippen LogP contribution < -0.4 is 14.8 Å². The van der Waals surface area contributed by atoms with E-state index in [0.29, 0.717) is 6.42 Å². The van der Waals surface area contributed by atoms with E-state index in [9.17, 15) is 9.59 Å². The minimum atomic E-state index is -1.03. The third-order valence-electron chi connectivity index (χ3n) is 3.67. The highest BCUT2D eigenvalue weighted by Gasteiger charge is 2.29. The van der Waals surface area contributed by atoms with Gasteiger partial charge in [-0.05, 0) is 37.5 Å². The van der Waals surface area contributed by atoms with Gasteiger partial charge < -0.3 is 19.9 Å². The Morgan fingerprint density at radius 3 is 3.00 bits per heavy atom. The number of hydrogen-bond donors (Lipinski definition) is 2. The summed E-state index contributed by atoms with van der Waals surface area (Å²) in [6.07, 6.45) is 1.37. The number of amidine groups is 1. The van der Waals surface area contributed by atoms with Crippen molar-refractivity contribution in [2.45, 2.75) is 31.4 Å². The summed E-state index contributed by atoms with van der Waals surface area (Å²) in [4.78, 5) is 22.5. The van der Waals surface area contributed by atoms with Crippen molar-refractivity contribution in [3.63, 3.8) is 0 Å². The van der Waals surface area contributed by atoms with Gasteiger partial charge in [-0.3, -0.25) is 9.59 Å². The predicted molar refractivity (Wildman–Crippen MR) is 93.2 cm³/mol. The predicted octanol–water partition coefficient (Wildman–Crippen LogP) is 1.79. The molecule has 1 aromatic rings. The number of nitrogens with zero attached hydrogens (tertiary/aromatic N) is 2. The number of ether oxygens (including phenoxy) is 2. The van der Waals surface area contributed by atoms with Crippen molar-refractivity contribution in [2.24, 2.45) is 10.2 Å². The number of carbonyl (C=O) groups excluding carboxylic acids is 1. The second kappa shape index (κ2) is 7.56. The van der Waals surface area contributed by atoms with Crippen LogP contribution in [-0.2, 0) is 16.0 Å². The number of carboxylic acids is 1. The summed E-state index contributed by atoms with van der Waals surface area (Å²) in [6, 6.07) is 5.79. The zero-order valence-corrected chi connectivity index (χ0v) is 14.3. The largest absolute Gasteiger partial charge is 0.480 e. The minimum absolute atomic E-state index is 0.0637. The second-order valence-electron chi connectivity index (χ2n) is 5.63. The van der Waals surface area contributed by atoms with E-state index >= 15 is 0 Å². The standard InChI is InChI=1S/C16H17N3O5S/c1-9(2-3-10-4-5-11-12(6-10)24-8-23-11)18-19-16-17-14(20)7-13(25-16)15(21)22/h4-6,13H,2-3,7-8H2,1H3,(H,21,22)(H,17,19,20)/t13-/m1/s1. The molecule has 0 aliphatic carbocycles. The zero-order valence-electron chi connectivity index (χ0n) is 13.5. The van der Waals surface area contributed by atoms with Gasteiger partial charge in [-0.2, -0.15) is 5.10 Å². The van der Waals surface area contributed by atoms with Crippen molar-refractivity contribution in [1.29, 1.82) is 0 Å². The fraction of sp³-hybridized carbons (Fsp3) is 0.375. The van der Waals surface area contributed by atoms with Gasteiger partial charge in [0, 0.05) is 12.1 Å². The Kier molecular flexibility index (Phi) is 5.22. The second-order valence-corrected chi connectivity index (χ2v) is 6.82. The third-order valence-corrected chi connectivity index (χ3v) is 4.73. The van der Waals surface area contributed by atoms with Crippen LogP contribution in [0.15, 0.2) is 28.4 Å². The summed E-state index contributed by atoms with van der Waals surface area (Å²) < 4.78 is 10.6. The molecule has 0 bridgehead atoms. The van der Waals surface area contributed by atoms with Gasteiger partial charge in [0.05, 0.1) is 0 Å². The first kappa shape index (κ1) is 17.3. The van der Waals surface area contributed by atoms with Crippen LogP contribution in [-0.4, -0.2) is 39.9 Å². The number of benzene rings is 1. The van der Waals surface area contributed by atoms with Crippen LogP contribution in [0.3, 0.4) is 0 Å². The Labute approximate surface area is 148 Å². The van der Waals surface area contributed by atoms with Gasteiger partial charge in [0.25, 0.3) is 0 Å². The molecule has 0 spiro atoms. The van der Waals surface area contributed by atoms with E-state index in [1.165, 1.54) is 0 Å². The number of carboxylic acid groups (broad SMARTS) is 1. The molecule has 2 heterocycles. The normalized spacial score (nSPS) is 21.3. The lowest BCUT2D eigenvalue weighted by atomic mass is 10.1. The molecule has 132 valence electrons. The molecule has 1 aromatic carbocycles. The molecule has 0 unspecified atom stereocenters. The van der Waals surface area contributed by atoms with Crippen molar-refractivity contribution in [2.75, 3.05) is 6.79 Å². The number of thioether (sulfide) groups is 1. The average Bonchev–Trinajstić information content (AvgIpc) is 3.05. The number of amides is 1. The summed E-state index contributed by atoms with van der Waals surface area (Å²) >= 11 is 0.994. The molecule has 1 fully saturated rings. The zero-order chi connectivity index (χ0) is 17.8. The van der Waals surface area contributed by atoms with E-state index in [1.54, 1.807) is 0 Å². The first-order chi connectivity index (χ1) is 12.0. The fourth-order valence-corrected chi connectivity index (χ4v) is 3.20. The highest BCUT2D eigenvalue weighted by Crippen LogP contribution is 2.32. The van der Waals surface area contributed by atoms with Gasteiger partial charge in [0.15, 0.2) is 16.7 Å². The molecule has 1 saturated heterocycles. The molecule has 0 aromatic heterocycles. The molecule has 1 atom stereocenters. The molecule has 2 aliphatic heterocycles. The van der Waals surface area contributed by atoms with E-state index in [-0.39, 0.29) is 24.3 Å². The molecule has 2 aliphatic rings. The highest BCUT2D eigenvalue weighted by molar-refractivity contribution is 8.15. The lowest BCUT2D eigenvalue weighted by Gasteiger charge is -2.18. The Balaban J connectivity index is 1.58. The lowest BCUT2D eigenvalue weighted by Crippen LogP contribution is -2.40. The number of aryl methyl sites for hydroxylation is 1. The van der Waals surface area contributed by atoms with Crippen molar-refractivity contribution in [1.82, 2.24) is 5.32 Å². The van der Waals surface area contributed by atoms with Gasteiger partial charge in [-0.15, -0.1) is 5.10 Å². The van der Waals surface area contributed by atoms with Crippen molar-refractivity contribution >= 4 is 34.5 Å². The van der Waals surface area contributed by atoms with E-state index in [1.807, 2.05) is 25.1 Å². The smallest absolute Gasteiger partial charge is 0.317 e. The van der Waals surface area contributed by atoms with E-state index in [2.05, 4.69) is 15.5 Å². The summed E-state index contributed by atoms with van der Waals surface area (Å²) in [5, 5.41) is 19.0. The maximum absolute atomic E-state index is 11.5. The van der Waals surface area contributed by atoms with Gasteiger partial charge in [0.1, 0.15) is 5.25 Å². The Bertz CT molecular complexity index is 762. The maximum Gasteiger partial charge on any atom is 0.317 e. The number of fused-ring (bicyclic) bond motifs is 1. The summed E-state index contributed by atoms with van der Waals surface area (Å²) in [6.45, 7) is 2.08. The van der Waals surface area contributed by atoms with Crippen molar-refractivity contribution in [3.05, 3.63) is 23.8 Å². The lowest BCUT2D eigenvalue weighted by molar-refractivity contribution is -0.138. The van der Waals surface area contributed by atoms with E-state index in [4.69, 9.17) is 14.6 Å². The van der Waals surface area contributed by atoms with Crippen molar-refractivity contribution in [3.8, 4) is 11.5 Å². The molecule has 8 nitrogen and oxygen atoms in total. The number of hydrogen-bond acceptors (Lipinski definition) is 7. The number of aliphatic carboxylic acids is 1. The molecule has 0 saturated carbocycles. The molecule has 1 amide bonds. The van der Waals surface area contributed by atoms with Crippen LogP contribution in [0.25, 0.3) is 0 Å². The summed E-state index contributed by atoms with van der Waals surface area (Å²) in [7, 11) is 0. The maximum atomic E-state index is 11.5. The molecule has 9 heteroatoms. The van der Waals surface area contributed by atoms with E-state index < -0.39 is 11.2 Å². The Hall–Kier alpha value is -2.55. The topological polar surface area (TPSA) is 110 Å². The van der Waals surface area contributed by atoms with Crippen LogP contribution >= 0.6 is 11.8 Å². The SMILES string of the molecule is CC(CCc1ccc2c(c1)OCO2)=NN=C1NC(=O)C[C@H](C(=O)O)S1. The first-order valence-electron chi connectivity index (χ1n) is 7.70. The van der Waals surface area contributed by atoms with Crippen LogP contribution in [0.1, 0.15) is 25.3 Å². The van der Waals surface area contributed by atoms with Gasteiger partial charge >= 0.3 is 5.97 Å². The molecule has 2 N–H and O–H groups in total. The van der Waals surface area contributed by atoms with Crippen molar-refractivity contribution < 1.29 is 24.2 Å². The molecular formula is C16H17N3O5S. The number of rotatable bonds is 5. The van der Waals surface area contributed by atoms with Gasteiger partial charge in [0.2, 0.25) is 12.7 Å². The summed E-state index contributed by atoms with van der Waals surface area (Å²) in [5.74, 6) is 0.0983. The fourth-order valence-electron chi connectivity index (χ4n) is 2.33. The monoisotopic (exact) mass is 363 g/mol. The average molecular weight is 363 g/mol. The highest BCUT2D eigenvalue weighted by atomic mass is 32.2. The molecular weight excluding hydrogens is 346 g/mol. The third kappa shape index (κ3) is 4.50.